The second-order valence-corrected chi connectivity index (χ2v) is 6.48. The molecule has 116 valence electrons. The Labute approximate surface area is 147 Å². The largest absolute Gasteiger partial charge is 0.285 e. The molecule has 1 aromatic carbocycles. The van der Waals surface area contributed by atoms with Crippen LogP contribution in [0.1, 0.15) is 5.69 Å². The molecule has 4 nitrogen and oxygen atoms in total. The van der Waals surface area contributed by atoms with Gasteiger partial charge >= 0.3 is 0 Å². The smallest absolute Gasteiger partial charge is 0.195 e. The highest BCUT2D eigenvalue weighted by atomic mass is 35.5. The molecule has 0 saturated heterocycles. The van der Waals surface area contributed by atoms with Crippen LogP contribution in [-0.4, -0.2) is 14.4 Å². The molecule has 0 aliphatic carbocycles. The number of hydrogen-bond acceptors (Lipinski definition) is 4. The van der Waals surface area contributed by atoms with Crippen LogP contribution in [-0.2, 0) is 6.42 Å². The van der Waals surface area contributed by atoms with Gasteiger partial charge in [-0.15, -0.1) is 11.3 Å². The van der Waals surface area contributed by atoms with Crippen molar-refractivity contribution in [2.45, 2.75) is 6.42 Å². The van der Waals surface area contributed by atoms with Crippen molar-refractivity contribution in [1.82, 2.24) is 14.4 Å². The van der Waals surface area contributed by atoms with Crippen molar-refractivity contribution in [3.8, 4) is 28.7 Å². The molecule has 0 atom stereocenters. The summed E-state index contributed by atoms with van der Waals surface area (Å²) < 4.78 is 2.04. The summed E-state index contributed by atoms with van der Waals surface area (Å²) in [6.07, 6.45) is 2.00. The minimum Gasteiger partial charge on any atom is -0.285 e. The molecule has 4 aromatic rings. The summed E-state index contributed by atoms with van der Waals surface area (Å²) in [5, 5.41) is 12.0. The lowest BCUT2D eigenvalue weighted by Gasteiger charge is -2.04. The molecule has 0 aliphatic heterocycles. The summed E-state index contributed by atoms with van der Waals surface area (Å²) in [6, 6.07) is 15.6. The predicted molar refractivity (Wildman–Crippen MR) is 96.1 cm³/mol. The molecule has 0 fully saturated rings. The van der Waals surface area contributed by atoms with Crippen LogP contribution >= 0.6 is 22.9 Å². The van der Waals surface area contributed by atoms with Gasteiger partial charge in [0.15, 0.2) is 4.96 Å². The van der Waals surface area contributed by atoms with E-state index in [0.29, 0.717) is 5.02 Å². The predicted octanol–water partition coefficient (Wildman–Crippen LogP) is 4.84. The number of hydrogen-bond donors (Lipinski definition) is 0. The molecule has 0 amide bonds. The summed E-state index contributed by atoms with van der Waals surface area (Å²) in [5.41, 5.74) is 4.44. The van der Waals surface area contributed by atoms with Gasteiger partial charge in [-0.2, -0.15) is 5.26 Å². The van der Waals surface area contributed by atoms with Gasteiger partial charge in [-0.1, -0.05) is 29.8 Å². The Hall–Kier alpha value is -2.68. The number of fused-ring (bicyclic) bond motifs is 1. The number of aromatic nitrogens is 3. The fraction of sp³-hybridized carbons (Fsp3) is 0.0556. The Morgan fingerprint density at radius 1 is 1.17 bits per heavy atom. The van der Waals surface area contributed by atoms with Gasteiger partial charge in [0.1, 0.15) is 5.69 Å². The molecular weight excluding hydrogens is 340 g/mol. The molecule has 24 heavy (non-hydrogen) atoms. The van der Waals surface area contributed by atoms with Gasteiger partial charge in [-0.25, -0.2) is 4.98 Å². The molecule has 0 unspecified atom stereocenters. The average molecular weight is 351 g/mol. The van der Waals surface area contributed by atoms with E-state index in [4.69, 9.17) is 16.6 Å². The fourth-order valence-corrected chi connectivity index (χ4v) is 3.73. The Morgan fingerprint density at radius 2 is 2.00 bits per heavy atom. The van der Waals surface area contributed by atoms with Crippen LogP contribution in [0.25, 0.3) is 27.6 Å². The number of rotatable bonds is 3. The number of benzene rings is 1. The molecule has 0 N–H and O–H groups in total. The zero-order valence-corrected chi connectivity index (χ0v) is 14.1. The van der Waals surface area contributed by atoms with Gasteiger partial charge in [0.2, 0.25) is 0 Å². The first-order valence-electron chi connectivity index (χ1n) is 7.31. The van der Waals surface area contributed by atoms with E-state index >= 15 is 0 Å². The number of imidazole rings is 1. The van der Waals surface area contributed by atoms with E-state index in [2.05, 4.69) is 16.4 Å². The molecule has 6 heteroatoms. The van der Waals surface area contributed by atoms with E-state index in [1.807, 2.05) is 46.9 Å². The zero-order valence-electron chi connectivity index (χ0n) is 12.5. The van der Waals surface area contributed by atoms with Crippen LogP contribution in [0, 0.1) is 11.3 Å². The Balaban J connectivity index is 1.96. The number of pyridine rings is 1. The first-order valence-corrected chi connectivity index (χ1v) is 8.57. The number of thiazole rings is 1. The van der Waals surface area contributed by atoms with Gasteiger partial charge in [-0.3, -0.25) is 9.38 Å². The van der Waals surface area contributed by atoms with Crippen molar-refractivity contribution in [3.63, 3.8) is 0 Å². The third-order valence-corrected chi connectivity index (χ3v) is 4.83. The highest BCUT2D eigenvalue weighted by molar-refractivity contribution is 7.15. The number of nitriles is 1. The van der Waals surface area contributed by atoms with Crippen molar-refractivity contribution in [2.24, 2.45) is 0 Å². The summed E-state index contributed by atoms with van der Waals surface area (Å²) in [6.45, 7) is 0. The van der Waals surface area contributed by atoms with E-state index in [1.54, 1.807) is 17.5 Å². The van der Waals surface area contributed by atoms with Crippen molar-refractivity contribution >= 4 is 27.9 Å². The summed E-state index contributed by atoms with van der Waals surface area (Å²) >= 11 is 7.54. The van der Waals surface area contributed by atoms with Crippen molar-refractivity contribution in [1.29, 1.82) is 5.26 Å². The summed E-state index contributed by atoms with van der Waals surface area (Å²) in [4.78, 5) is 9.94. The van der Waals surface area contributed by atoms with Crippen LogP contribution in [0.3, 0.4) is 0 Å². The third-order valence-electron chi connectivity index (χ3n) is 3.75. The maximum absolute atomic E-state index is 9.28. The molecule has 0 aliphatic rings. The molecule has 3 heterocycles. The lowest BCUT2D eigenvalue weighted by molar-refractivity contribution is 1.08. The van der Waals surface area contributed by atoms with E-state index in [-0.39, 0.29) is 6.42 Å². The van der Waals surface area contributed by atoms with E-state index in [0.717, 1.165) is 33.3 Å². The molecule has 0 saturated carbocycles. The SMILES string of the molecule is N#CCc1c(-c2ccccn2)nc2scc(-c3ccc(Cl)cc3)n12. The minimum atomic E-state index is 0.268. The summed E-state index contributed by atoms with van der Waals surface area (Å²) in [5.74, 6) is 0. The van der Waals surface area contributed by atoms with Crippen molar-refractivity contribution in [3.05, 3.63) is 64.8 Å². The van der Waals surface area contributed by atoms with Crippen LogP contribution in [0.5, 0.6) is 0 Å². The van der Waals surface area contributed by atoms with E-state index in [9.17, 15) is 5.26 Å². The molecule has 0 radical (unpaired) electrons. The Bertz CT molecular complexity index is 1040. The number of halogens is 1. The average Bonchev–Trinajstić information content (AvgIpc) is 3.17. The number of nitrogens with zero attached hydrogens (tertiary/aromatic N) is 4. The zero-order chi connectivity index (χ0) is 16.5. The monoisotopic (exact) mass is 350 g/mol. The first-order chi connectivity index (χ1) is 11.8. The molecule has 0 spiro atoms. The lowest BCUT2D eigenvalue weighted by Crippen LogP contribution is -1.95. The van der Waals surface area contributed by atoms with Crippen LogP contribution in [0.4, 0.5) is 0 Å². The van der Waals surface area contributed by atoms with Gasteiger partial charge in [-0.05, 0) is 29.8 Å². The maximum atomic E-state index is 9.28. The molecule has 3 aromatic heterocycles. The standard InChI is InChI=1S/C18H11ClN4S/c19-13-6-4-12(5-7-13)16-11-24-18-22-17(14-3-1-2-10-21-14)15(8-9-20)23(16)18/h1-7,10-11H,8H2. The van der Waals surface area contributed by atoms with Gasteiger partial charge in [0.25, 0.3) is 0 Å². The fourth-order valence-electron chi connectivity index (χ4n) is 2.68. The lowest BCUT2D eigenvalue weighted by atomic mass is 10.1. The Kier molecular flexibility index (Phi) is 3.77. The first kappa shape index (κ1) is 14.9. The second-order valence-electron chi connectivity index (χ2n) is 5.20. The van der Waals surface area contributed by atoms with Gasteiger partial charge < -0.3 is 0 Å². The molecule has 0 bridgehead atoms. The van der Waals surface area contributed by atoms with Gasteiger partial charge in [0.05, 0.1) is 29.6 Å². The highest BCUT2D eigenvalue weighted by Crippen LogP contribution is 2.32. The summed E-state index contributed by atoms with van der Waals surface area (Å²) in [7, 11) is 0. The van der Waals surface area contributed by atoms with E-state index < -0.39 is 0 Å². The van der Waals surface area contributed by atoms with Crippen LogP contribution < -0.4 is 0 Å². The molecule has 4 rings (SSSR count). The quantitative estimate of drug-likeness (QED) is 0.531. The molecular formula is C18H11ClN4S. The van der Waals surface area contributed by atoms with Crippen LogP contribution in [0.15, 0.2) is 54.0 Å². The van der Waals surface area contributed by atoms with Crippen LogP contribution in [0.2, 0.25) is 5.02 Å². The second kappa shape index (κ2) is 6.08. The topological polar surface area (TPSA) is 54.0 Å². The van der Waals surface area contributed by atoms with Gasteiger partial charge in [0, 0.05) is 16.6 Å². The highest BCUT2D eigenvalue weighted by Gasteiger charge is 2.19. The normalized spacial score (nSPS) is 10.8. The van der Waals surface area contributed by atoms with Crippen molar-refractivity contribution in [2.75, 3.05) is 0 Å². The van der Waals surface area contributed by atoms with E-state index in [1.165, 1.54) is 0 Å². The minimum absolute atomic E-state index is 0.268. The van der Waals surface area contributed by atoms with Crippen molar-refractivity contribution < 1.29 is 0 Å². The third kappa shape index (κ3) is 2.46. The maximum Gasteiger partial charge on any atom is 0.195 e. The Morgan fingerprint density at radius 3 is 2.71 bits per heavy atom.